The summed E-state index contributed by atoms with van der Waals surface area (Å²) >= 11 is 0. The number of aromatic nitrogens is 5. The second-order valence-electron chi connectivity index (χ2n) is 15.0. The summed E-state index contributed by atoms with van der Waals surface area (Å²) in [6.07, 6.45) is 3.54. The van der Waals surface area contributed by atoms with Gasteiger partial charge in [0.25, 0.3) is 0 Å². The Morgan fingerprint density at radius 3 is 2.36 bits per heavy atom. The second-order valence-corrected chi connectivity index (χ2v) is 15.0. The highest BCUT2D eigenvalue weighted by atomic mass is 19.4. The van der Waals surface area contributed by atoms with E-state index < -0.39 is 29.1 Å². The molecule has 0 radical (unpaired) electrons. The zero-order valence-corrected chi connectivity index (χ0v) is 30.3. The first-order valence-corrected chi connectivity index (χ1v) is 18.1. The van der Waals surface area contributed by atoms with E-state index in [9.17, 15) is 32.3 Å². The van der Waals surface area contributed by atoms with Crippen LogP contribution in [-0.2, 0) is 39.9 Å². The number of nitrogens with zero attached hydrogens (tertiary/aromatic N) is 7. The minimum atomic E-state index is -4.68. The molecule has 0 spiro atoms. The Morgan fingerprint density at radius 2 is 1.66 bits per heavy atom. The fourth-order valence-corrected chi connectivity index (χ4v) is 8.27. The first-order chi connectivity index (χ1) is 25.1. The average Bonchev–Trinajstić information content (AvgIpc) is 3.49. The molecule has 0 N–H and O–H groups in total. The zero-order chi connectivity index (χ0) is 37.8. The van der Waals surface area contributed by atoms with E-state index in [1.54, 1.807) is 47.8 Å². The summed E-state index contributed by atoms with van der Waals surface area (Å²) in [5, 5.41) is 5.30. The molecule has 0 unspecified atom stereocenters. The van der Waals surface area contributed by atoms with E-state index in [0.29, 0.717) is 48.1 Å². The van der Waals surface area contributed by atoms with Crippen molar-refractivity contribution >= 4 is 34.3 Å². The van der Waals surface area contributed by atoms with Crippen molar-refractivity contribution in [1.29, 1.82) is 0 Å². The monoisotopic (exact) mass is 729 g/mol. The Labute approximate surface area is 305 Å². The maximum Gasteiger partial charge on any atom is 0.433 e. The number of rotatable bonds is 5. The molecular formula is C39H42F3N7O4. The van der Waals surface area contributed by atoms with Gasteiger partial charge in [-0.2, -0.15) is 18.3 Å². The Hall–Kier alpha value is -5.01. The van der Waals surface area contributed by atoms with Crippen LogP contribution in [0.25, 0.3) is 22.0 Å². The lowest BCUT2D eigenvalue weighted by molar-refractivity contribution is -0.141. The third kappa shape index (κ3) is 7.07. The van der Waals surface area contributed by atoms with E-state index in [1.807, 2.05) is 12.1 Å². The average molecular weight is 730 g/mol. The van der Waals surface area contributed by atoms with Gasteiger partial charge in [0.15, 0.2) is 11.6 Å². The molecule has 14 heteroatoms. The van der Waals surface area contributed by atoms with Crippen LogP contribution in [0.5, 0.6) is 0 Å². The third-order valence-electron chi connectivity index (χ3n) is 11.1. The molecule has 2 amide bonds. The van der Waals surface area contributed by atoms with E-state index in [4.69, 9.17) is 5.10 Å². The maximum atomic E-state index is 14.5. The Morgan fingerprint density at radius 1 is 0.943 bits per heavy atom. The largest absolute Gasteiger partial charge is 0.433 e. The number of carbonyl (C=O) groups is 4. The van der Waals surface area contributed by atoms with Crippen LogP contribution >= 0.6 is 0 Å². The van der Waals surface area contributed by atoms with Gasteiger partial charge in [0, 0.05) is 61.7 Å². The maximum absolute atomic E-state index is 14.5. The third-order valence-corrected chi connectivity index (χ3v) is 11.1. The van der Waals surface area contributed by atoms with Gasteiger partial charge in [0.2, 0.25) is 11.8 Å². The molecule has 2 bridgehead atoms. The molecule has 3 atom stereocenters. The Kier molecular flexibility index (Phi) is 9.44. The van der Waals surface area contributed by atoms with Gasteiger partial charge in [-0.05, 0) is 80.8 Å². The first-order valence-electron chi connectivity index (χ1n) is 18.1. The molecule has 11 nitrogen and oxygen atoms in total. The van der Waals surface area contributed by atoms with Crippen molar-refractivity contribution in [2.75, 3.05) is 13.6 Å². The molecule has 2 aliphatic heterocycles. The van der Waals surface area contributed by atoms with Crippen LogP contribution in [0.3, 0.4) is 0 Å². The summed E-state index contributed by atoms with van der Waals surface area (Å²) in [5.41, 5.74) is 2.21. The number of halogens is 3. The standard InChI is InChI=1S/C39H42F3N7O4/c1-22-11-12-32(39(40,41)42)45-29(22)15-31(51)30-16-38-17-33(38)49(30)35(53)20-48-37-25(9-7-5-6-8-10-34(52)47(4)21-38)13-26(27-18-43-24(3)44-19-27)14-28(37)36(46-48)23(2)50/h11-14,18-19,30,33H,5-10,15-17,20-21H2,1-4H3/t30-,33+,38-/m0/s1. The lowest BCUT2D eigenvalue weighted by Gasteiger charge is -2.27. The van der Waals surface area contributed by atoms with Crippen LogP contribution in [0.15, 0.2) is 36.7 Å². The van der Waals surface area contributed by atoms with Crippen molar-refractivity contribution in [3.05, 3.63) is 70.7 Å². The normalized spacial score (nSPS) is 22.5. The lowest BCUT2D eigenvalue weighted by Crippen LogP contribution is -2.45. The Bertz CT molecular complexity index is 2130. The highest BCUT2D eigenvalue weighted by Crippen LogP contribution is 2.60. The number of benzene rings is 1. The minimum absolute atomic E-state index is 0.00240. The van der Waals surface area contributed by atoms with Crippen molar-refractivity contribution in [3.63, 3.8) is 0 Å². The van der Waals surface area contributed by atoms with Crippen molar-refractivity contribution in [2.24, 2.45) is 5.41 Å². The van der Waals surface area contributed by atoms with E-state index in [-0.39, 0.29) is 54.4 Å². The number of pyridine rings is 1. The Balaban J connectivity index is 1.29. The number of carbonyl (C=O) groups excluding carboxylic acids is 4. The molecule has 1 saturated heterocycles. The molecule has 4 aromatic rings. The quantitative estimate of drug-likeness (QED) is 0.234. The summed E-state index contributed by atoms with van der Waals surface area (Å²) in [4.78, 5) is 70.6. The number of alkyl halides is 3. The summed E-state index contributed by atoms with van der Waals surface area (Å²) in [7, 11) is 1.74. The predicted molar refractivity (Wildman–Crippen MR) is 189 cm³/mol. The summed E-state index contributed by atoms with van der Waals surface area (Å²) in [5.74, 6) is -0.444. The molecule has 1 aliphatic carbocycles. The second kappa shape index (κ2) is 13.8. The number of piperidine rings is 1. The van der Waals surface area contributed by atoms with Crippen LogP contribution in [0.4, 0.5) is 13.2 Å². The van der Waals surface area contributed by atoms with Crippen molar-refractivity contribution in [1.82, 2.24) is 34.5 Å². The number of hydrogen-bond donors (Lipinski definition) is 0. The van der Waals surface area contributed by atoms with Crippen LogP contribution < -0.4 is 0 Å². The van der Waals surface area contributed by atoms with Gasteiger partial charge in [0.1, 0.15) is 23.8 Å². The minimum Gasteiger partial charge on any atom is -0.345 e. The van der Waals surface area contributed by atoms with Crippen molar-refractivity contribution in [3.8, 4) is 11.1 Å². The highest BCUT2D eigenvalue weighted by molar-refractivity contribution is 6.07. The van der Waals surface area contributed by atoms with Crippen LogP contribution in [0.2, 0.25) is 0 Å². The molecule has 278 valence electrons. The predicted octanol–water partition coefficient (Wildman–Crippen LogP) is 5.86. The van der Waals surface area contributed by atoms with E-state index in [0.717, 1.165) is 48.4 Å². The molecular weight excluding hydrogens is 687 g/mol. The number of aryl methyl sites for hydroxylation is 3. The van der Waals surface area contributed by atoms with E-state index >= 15 is 0 Å². The fourth-order valence-electron chi connectivity index (χ4n) is 8.27. The molecule has 3 aromatic heterocycles. The van der Waals surface area contributed by atoms with Crippen molar-refractivity contribution < 1.29 is 32.3 Å². The van der Waals surface area contributed by atoms with Gasteiger partial charge in [-0.25, -0.2) is 15.0 Å². The number of ketones is 2. The van der Waals surface area contributed by atoms with Gasteiger partial charge in [0.05, 0.1) is 23.7 Å². The lowest BCUT2D eigenvalue weighted by atomic mass is 9.94. The summed E-state index contributed by atoms with van der Waals surface area (Å²) in [6.45, 7) is 4.94. The summed E-state index contributed by atoms with van der Waals surface area (Å²) < 4.78 is 42.2. The van der Waals surface area contributed by atoms with Crippen LogP contribution in [0, 0.1) is 19.3 Å². The van der Waals surface area contributed by atoms with Gasteiger partial charge >= 0.3 is 6.18 Å². The zero-order valence-electron chi connectivity index (χ0n) is 30.3. The van der Waals surface area contributed by atoms with Gasteiger partial charge in [-0.1, -0.05) is 18.9 Å². The fraction of sp³-hybridized carbons (Fsp3) is 0.487. The van der Waals surface area contributed by atoms with Gasteiger partial charge in [-0.15, -0.1) is 0 Å². The molecule has 53 heavy (non-hydrogen) atoms. The van der Waals surface area contributed by atoms with Crippen LogP contribution in [-0.4, -0.2) is 83.6 Å². The first kappa shape index (κ1) is 36.4. The topological polar surface area (TPSA) is 131 Å². The highest BCUT2D eigenvalue weighted by Gasteiger charge is 2.67. The SMILES string of the molecule is CC(=O)c1nn2c3c(cc(-c4cnc(C)nc4)cc13)CCCCCCC(=O)N(C)C[C@@]13C[C@@H](C(=O)Cc4nc(C(F)(F)F)ccc4C)N(C(=O)C2)[C@@H]1C3. The molecule has 3 aliphatic rings. The van der Waals surface area contributed by atoms with Gasteiger partial charge < -0.3 is 9.80 Å². The molecule has 5 heterocycles. The number of amides is 2. The summed E-state index contributed by atoms with van der Waals surface area (Å²) in [6, 6.07) is 4.82. The molecule has 2 fully saturated rings. The van der Waals surface area contributed by atoms with Gasteiger partial charge in [-0.3, -0.25) is 23.9 Å². The smallest absolute Gasteiger partial charge is 0.345 e. The number of Topliss-reactive ketones (excluding diaryl/α,β-unsaturated/α-hetero) is 2. The van der Waals surface area contributed by atoms with Crippen molar-refractivity contribution in [2.45, 2.75) is 103 Å². The van der Waals surface area contributed by atoms with E-state index in [1.165, 1.54) is 13.0 Å². The molecule has 1 aromatic carbocycles. The van der Waals surface area contributed by atoms with E-state index in [2.05, 4.69) is 15.0 Å². The van der Waals surface area contributed by atoms with Crippen LogP contribution in [0.1, 0.15) is 90.7 Å². The molecule has 7 rings (SSSR count). The number of hydrogen-bond acceptors (Lipinski definition) is 8. The molecule has 1 saturated carbocycles.